The Morgan fingerprint density at radius 3 is 2.67 bits per heavy atom. The number of hydrogen-bond acceptors (Lipinski definition) is 5. The van der Waals surface area contributed by atoms with Crippen LogP contribution in [0.4, 0.5) is 5.69 Å². The topological polar surface area (TPSA) is 75.3 Å². The first-order chi connectivity index (χ1) is 10.1. The van der Waals surface area contributed by atoms with Crippen molar-refractivity contribution < 1.29 is 5.11 Å². The summed E-state index contributed by atoms with van der Waals surface area (Å²) in [5, 5.41) is 10.1. The van der Waals surface area contributed by atoms with Gasteiger partial charge in [-0.2, -0.15) is 0 Å². The second-order valence-corrected chi connectivity index (χ2v) is 5.49. The molecule has 1 fully saturated rings. The minimum Gasteiger partial charge on any atom is -0.507 e. The molecule has 0 radical (unpaired) electrons. The second-order valence-electron chi connectivity index (χ2n) is 5.49. The maximum absolute atomic E-state index is 10.1. The molecule has 1 aromatic heterocycles. The molecule has 21 heavy (non-hydrogen) atoms. The van der Waals surface area contributed by atoms with Gasteiger partial charge in [-0.25, -0.2) is 9.97 Å². The summed E-state index contributed by atoms with van der Waals surface area (Å²) in [6, 6.07) is 7.56. The third-order valence-corrected chi connectivity index (χ3v) is 3.93. The second kappa shape index (κ2) is 5.69. The molecule has 0 spiro atoms. The van der Waals surface area contributed by atoms with E-state index in [1.807, 2.05) is 31.3 Å². The van der Waals surface area contributed by atoms with Crippen LogP contribution in [-0.4, -0.2) is 34.2 Å². The van der Waals surface area contributed by atoms with Crippen molar-refractivity contribution in [3.63, 3.8) is 0 Å². The maximum atomic E-state index is 10.1. The number of hydrogen-bond donors (Lipinski definition) is 2. The van der Waals surface area contributed by atoms with Gasteiger partial charge in [-0.15, -0.1) is 0 Å². The van der Waals surface area contributed by atoms with Gasteiger partial charge in [0.25, 0.3) is 0 Å². The molecule has 3 N–H and O–H groups in total. The minimum atomic E-state index is 0.241. The Hall–Kier alpha value is -2.14. The molecule has 0 amide bonds. The molecule has 0 saturated carbocycles. The molecular formula is C16H20N4O. The molecule has 1 aliphatic rings. The van der Waals surface area contributed by atoms with Gasteiger partial charge in [0, 0.05) is 24.7 Å². The number of para-hydroxylation sites is 1. The molecule has 1 aliphatic heterocycles. The lowest BCUT2D eigenvalue weighted by atomic mass is 10.0. The molecule has 0 bridgehead atoms. The fourth-order valence-electron chi connectivity index (χ4n) is 2.71. The summed E-state index contributed by atoms with van der Waals surface area (Å²) in [5.74, 6) is 0.941. The van der Waals surface area contributed by atoms with Gasteiger partial charge in [-0.05, 0) is 31.9 Å². The van der Waals surface area contributed by atoms with Crippen molar-refractivity contribution in [2.24, 2.45) is 5.73 Å². The van der Waals surface area contributed by atoms with Gasteiger partial charge < -0.3 is 15.7 Å². The Kier molecular flexibility index (Phi) is 3.75. The standard InChI is InChI=1S/C16H20N4O/c1-11-18-10-14(20-8-6-12(17)7-9-20)16(19-11)13-4-2-3-5-15(13)21/h2-5,10,12,21H,6-9,17H2,1H3. The normalized spacial score (nSPS) is 16.2. The summed E-state index contributed by atoms with van der Waals surface area (Å²) < 4.78 is 0. The van der Waals surface area contributed by atoms with E-state index >= 15 is 0 Å². The molecule has 5 heteroatoms. The SMILES string of the molecule is Cc1ncc(N2CCC(N)CC2)c(-c2ccccc2O)n1. The van der Waals surface area contributed by atoms with Crippen LogP contribution in [0.15, 0.2) is 30.5 Å². The van der Waals surface area contributed by atoms with Crippen LogP contribution in [0.5, 0.6) is 5.75 Å². The highest BCUT2D eigenvalue weighted by Crippen LogP contribution is 2.35. The fourth-order valence-corrected chi connectivity index (χ4v) is 2.71. The summed E-state index contributed by atoms with van der Waals surface area (Å²) in [7, 11) is 0. The Morgan fingerprint density at radius 2 is 1.95 bits per heavy atom. The molecule has 2 heterocycles. The molecule has 0 aliphatic carbocycles. The van der Waals surface area contributed by atoms with E-state index in [0.717, 1.165) is 42.9 Å². The molecule has 1 saturated heterocycles. The smallest absolute Gasteiger partial charge is 0.126 e. The van der Waals surface area contributed by atoms with Gasteiger partial charge >= 0.3 is 0 Å². The molecule has 3 rings (SSSR count). The number of aromatic hydroxyl groups is 1. The highest BCUT2D eigenvalue weighted by atomic mass is 16.3. The van der Waals surface area contributed by atoms with Gasteiger partial charge in [-0.1, -0.05) is 12.1 Å². The predicted octanol–water partition coefficient (Wildman–Crippen LogP) is 2.09. The summed E-state index contributed by atoms with van der Waals surface area (Å²) in [5.41, 5.74) is 8.47. The van der Waals surface area contributed by atoms with Crippen LogP contribution < -0.4 is 10.6 Å². The van der Waals surface area contributed by atoms with Crippen molar-refractivity contribution in [2.75, 3.05) is 18.0 Å². The number of nitrogens with two attached hydrogens (primary N) is 1. The largest absolute Gasteiger partial charge is 0.507 e. The van der Waals surface area contributed by atoms with E-state index in [1.165, 1.54) is 0 Å². The van der Waals surface area contributed by atoms with Gasteiger partial charge in [0.05, 0.1) is 11.9 Å². The third-order valence-electron chi connectivity index (χ3n) is 3.93. The molecule has 2 aromatic rings. The van der Waals surface area contributed by atoms with E-state index in [4.69, 9.17) is 5.73 Å². The van der Waals surface area contributed by atoms with Crippen molar-refractivity contribution >= 4 is 5.69 Å². The maximum Gasteiger partial charge on any atom is 0.126 e. The average Bonchev–Trinajstić information content (AvgIpc) is 2.49. The van der Waals surface area contributed by atoms with Gasteiger partial charge in [0.15, 0.2) is 0 Å². The van der Waals surface area contributed by atoms with E-state index < -0.39 is 0 Å². The van der Waals surface area contributed by atoms with Crippen LogP contribution in [0.25, 0.3) is 11.3 Å². The van der Waals surface area contributed by atoms with Gasteiger partial charge in [0.2, 0.25) is 0 Å². The van der Waals surface area contributed by atoms with Crippen LogP contribution in [0.1, 0.15) is 18.7 Å². The van der Waals surface area contributed by atoms with Crippen LogP contribution >= 0.6 is 0 Å². The Bertz CT molecular complexity index is 636. The first kappa shape index (κ1) is 13.8. The zero-order valence-electron chi connectivity index (χ0n) is 12.2. The Balaban J connectivity index is 2.03. The van der Waals surface area contributed by atoms with E-state index in [-0.39, 0.29) is 11.8 Å². The summed E-state index contributed by atoms with van der Waals surface area (Å²) in [4.78, 5) is 11.1. The number of aromatic nitrogens is 2. The van der Waals surface area contributed by atoms with Crippen molar-refractivity contribution in [3.8, 4) is 17.0 Å². The summed E-state index contributed by atoms with van der Waals surface area (Å²) in [6.45, 7) is 3.65. The lowest BCUT2D eigenvalue weighted by Gasteiger charge is -2.32. The Labute approximate surface area is 124 Å². The highest BCUT2D eigenvalue weighted by Gasteiger charge is 2.21. The summed E-state index contributed by atoms with van der Waals surface area (Å²) >= 11 is 0. The number of aryl methyl sites for hydroxylation is 1. The Morgan fingerprint density at radius 1 is 1.24 bits per heavy atom. The fraction of sp³-hybridized carbons (Fsp3) is 0.375. The highest BCUT2D eigenvalue weighted by molar-refractivity contribution is 5.78. The lowest BCUT2D eigenvalue weighted by Crippen LogP contribution is -2.40. The van der Waals surface area contributed by atoms with Crippen molar-refractivity contribution in [1.29, 1.82) is 0 Å². The van der Waals surface area contributed by atoms with Crippen molar-refractivity contribution in [1.82, 2.24) is 9.97 Å². The predicted molar refractivity (Wildman–Crippen MR) is 83.3 cm³/mol. The van der Waals surface area contributed by atoms with Crippen LogP contribution in [0, 0.1) is 6.92 Å². The number of piperidine rings is 1. The first-order valence-electron chi connectivity index (χ1n) is 7.27. The van der Waals surface area contributed by atoms with Gasteiger partial charge in [0.1, 0.15) is 17.3 Å². The molecular weight excluding hydrogens is 264 g/mol. The number of nitrogens with zero attached hydrogens (tertiary/aromatic N) is 3. The number of phenols is 1. The van der Waals surface area contributed by atoms with E-state index in [2.05, 4.69) is 14.9 Å². The van der Waals surface area contributed by atoms with Crippen molar-refractivity contribution in [2.45, 2.75) is 25.8 Å². The molecule has 1 aromatic carbocycles. The number of anilines is 1. The first-order valence-corrected chi connectivity index (χ1v) is 7.27. The molecule has 0 atom stereocenters. The van der Waals surface area contributed by atoms with Gasteiger partial charge in [-0.3, -0.25) is 0 Å². The van der Waals surface area contributed by atoms with E-state index in [0.29, 0.717) is 5.82 Å². The molecule has 110 valence electrons. The quantitative estimate of drug-likeness (QED) is 0.883. The number of rotatable bonds is 2. The molecule has 0 unspecified atom stereocenters. The lowest BCUT2D eigenvalue weighted by molar-refractivity contribution is 0.477. The summed E-state index contributed by atoms with van der Waals surface area (Å²) in [6.07, 6.45) is 3.78. The van der Waals surface area contributed by atoms with Crippen LogP contribution in [-0.2, 0) is 0 Å². The third kappa shape index (κ3) is 2.83. The monoisotopic (exact) mass is 284 g/mol. The number of benzene rings is 1. The van der Waals surface area contributed by atoms with Crippen LogP contribution in [0.2, 0.25) is 0 Å². The van der Waals surface area contributed by atoms with E-state index in [9.17, 15) is 5.11 Å². The zero-order valence-corrected chi connectivity index (χ0v) is 12.2. The average molecular weight is 284 g/mol. The minimum absolute atomic E-state index is 0.241. The van der Waals surface area contributed by atoms with Crippen LogP contribution in [0.3, 0.4) is 0 Å². The zero-order chi connectivity index (χ0) is 14.8. The number of phenolic OH excluding ortho intramolecular Hbond substituents is 1. The van der Waals surface area contributed by atoms with Crippen molar-refractivity contribution in [3.05, 3.63) is 36.3 Å². The molecule has 5 nitrogen and oxygen atoms in total. The van der Waals surface area contributed by atoms with E-state index in [1.54, 1.807) is 6.07 Å².